The van der Waals surface area contributed by atoms with E-state index in [0.29, 0.717) is 25.0 Å². The van der Waals surface area contributed by atoms with Crippen molar-refractivity contribution in [2.24, 2.45) is 11.8 Å². The summed E-state index contributed by atoms with van der Waals surface area (Å²) in [6.45, 7) is 7.17. The second-order valence-electron chi connectivity index (χ2n) is 13.5. The van der Waals surface area contributed by atoms with Gasteiger partial charge in [-0.1, -0.05) is 141 Å². The summed E-state index contributed by atoms with van der Waals surface area (Å²) in [6, 6.07) is 0. The van der Waals surface area contributed by atoms with E-state index < -0.39 is 0 Å². The van der Waals surface area contributed by atoms with E-state index in [1.54, 1.807) is 0 Å². The smallest absolute Gasteiger partial charge is 0.0434 e. The Bertz CT molecular complexity index is 513. The Hall–Kier alpha value is -0.640. The van der Waals surface area contributed by atoms with Crippen LogP contribution in [0.25, 0.3) is 0 Å². The summed E-state index contributed by atoms with van der Waals surface area (Å²) in [5.74, 6) is 1.15. The molecule has 0 aliphatic rings. The third kappa shape index (κ3) is 34.1. The van der Waals surface area contributed by atoms with Crippen LogP contribution in [0.1, 0.15) is 194 Å². The van der Waals surface area contributed by atoms with E-state index in [1.807, 2.05) is 0 Å². The first-order valence-electron chi connectivity index (χ1n) is 19.5. The fourth-order valence-corrected chi connectivity index (χ4v) is 6.21. The molecule has 0 heterocycles. The van der Waals surface area contributed by atoms with Gasteiger partial charge in [0.1, 0.15) is 0 Å². The highest BCUT2D eigenvalue weighted by Gasteiger charge is 2.11. The Balaban J connectivity index is 3.79. The molecule has 0 radical (unpaired) electrons. The van der Waals surface area contributed by atoms with E-state index in [2.05, 4.69) is 43.5 Å². The van der Waals surface area contributed by atoms with E-state index in [4.69, 9.17) is 0 Å². The molecule has 0 saturated carbocycles. The van der Waals surface area contributed by atoms with E-state index in [1.165, 1.54) is 167 Å². The molecule has 0 bridgehead atoms. The summed E-state index contributed by atoms with van der Waals surface area (Å²) in [6.07, 6.45) is 46.0. The van der Waals surface area contributed by atoms with Gasteiger partial charge in [-0.05, 0) is 102 Å². The molecule has 0 aromatic carbocycles. The maximum atomic E-state index is 9.57. The molecular weight excluding hydrogens is 526 g/mol. The van der Waals surface area contributed by atoms with Crippen molar-refractivity contribution in [3.05, 3.63) is 24.3 Å². The number of unbranched alkanes of at least 4 members (excludes halogenated alkanes) is 20. The van der Waals surface area contributed by atoms with Crippen LogP contribution in [0, 0.1) is 11.8 Å². The van der Waals surface area contributed by atoms with Crippen molar-refractivity contribution in [3.8, 4) is 0 Å². The zero-order valence-corrected chi connectivity index (χ0v) is 29.5. The Morgan fingerprint density at radius 2 is 0.698 bits per heavy atom. The van der Waals surface area contributed by atoms with Crippen molar-refractivity contribution >= 4 is 0 Å². The molecule has 43 heavy (non-hydrogen) atoms. The van der Waals surface area contributed by atoms with Gasteiger partial charge in [-0.25, -0.2) is 0 Å². The van der Waals surface area contributed by atoms with Crippen molar-refractivity contribution in [2.75, 3.05) is 26.3 Å². The highest BCUT2D eigenvalue weighted by atomic mass is 16.3. The normalized spacial score (nSPS) is 13.5. The lowest BCUT2D eigenvalue weighted by Gasteiger charge is -2.20. The van der Waals surface area contributed by atoms with Gasteiger partial charge in [0.05, 0.1) is 0 Å². The quantitative estimate of drug-likeness (QED) is 0.0492. The van der Waals surface area contributed by atoms with Gasteiger partial charge in [0, 0.05) is 13.2 Å². The molecule has 256 valence electrons. The Kier molecular flexibility index (Phi) is 37.0. The minimum atomic E-state index is 0.296. The van der Waals surface area contributed by atoms with Crippen LogP contribution in [0.5, 0.6) is 0 Å². The lowest BCUT2D eigenvalue weighted by atomic mass is 9.95. The molecule has 0 rings (SSSR count). The maximum absolute atomic E-state index is 9.57. The first kappa shape index (κ1) is 42.4. The maximum Gasteiger partial charge on any atom is 0.0434 e. The number of hydrogen-bond acceptors (Lipinski definition) is 3. The third-order valence-corrected chi connectivity index (χ3v) is 9.19. The molecule has 0 aliphatic carbocycles. The van der Waals surface area contributed by atoms with Crippen molar-refractivity contribution in [1.82, 2.24) is 5.32 Å². The molecule has 2 atom stereocenters. The first-order valence-corrected chi connectivity index (χ1v) is 19.5. The van der Waals surface area contributed by atoms with Gasteiger partial charge in [0.2, 0.25) is 0 Å². The zero-order valence-electron chi connectivity index (χ0n) is 29.5. The van der Waals surface area contributed by atoms with Crippen LogP contribution < -0.4 is 5.32 Å². The van der Waals surface area contributed by atoms with Gasteiger partial charge in [-0.3, -0.25) is 0 Å². The van der Waals surface area contributed by atoms with Crippen LogP contribution in [0.15, 0.2) is 24.3 Å². The second-order valence-corrected chi connectivity index (χ2v) is 13.5. The minimum absolute atomic E-state index is 0.296. The van der Waals surface area contributed by atoms with Crippen LogP contribution >= 0.6 is 0 Å². The number of rotatable bonds is 36. The number of aliphatic hydroxyl groups excluding tert-OH is 2. The second kappa shape index (κ2) is 37.5. The lowest BCUT2D eigenvalue weighted by molar-refractivity contribution is 0.233. The molecule has 0 spiro atoms. The lowest BCUT2D eigenvalue weighted by Crippen LogP contribution is -2.29. The van der Waals surface area contributed by atoms with Gasteiger partial charge >= 0.3 is 0 Å². The van der Waals surface area contributed by atoms with Crippen LogP contribution in [0.3, 0.4) is 0 Å². The standard InChI is InChI=1S/C40H79NO2/c1-3-5-7-9-11-13-15-17-19-21-23-25-27-29-31-39(33-35-42)37-41-38-40(34-36-43)32-30-28-26-24-22-20-18-16-14-12-10-8-6-4-2/h17-20,39-43H,3-16,21-38H2,1-2H3/b19-17-,20-18-. The molecule has 3 N–H and O–H groups in total. The molecule has 3 nitrogen and oxygen atoms in total. The predicted octanol–water partition coefficient (Wildman–Crippen LogP) is 11.9. The van der Waals surface area contributed by atoms with E-state index >= 15 is 0 Å². The molecule has 3 heteroatoms. The van der Waals surface area contributed by atoms with Crippen LogP contribution in [-0.4, -0.2) is 36.5 Å². The third-order valence-electron chi connectivity index (χ3n) is 9.19. The summed E-state index contributed by atoms with van der Waals surface area (Å²) in [4.78, 5) is 0. The first-order chi connectivity index (χ1) is 21.3. The number of nitrogens with one attached hydrogen (secondary N) is 1. The van der Waals surface area contributed by atoms with Crippen LogP contribution in [-0.2, 0) is 0 Å². The van der Waals surface area contributed by atoms with Gasteiger partial charge in [0.25, 0.3) is 0 Å². The molecule has 0 aromatic heterocycles. The summed E-state index contributed by atoms with van der Waals surface area (Å²) >= 11 is 0. The number of allylic oxidation sites excluding steroid dienone is 4. The van der Waals surface area contributed by atoms with Crippen molar-refractivity contribution < 1.29 is 10.2 Å². The zero-order chi connectivity index (χ0) is 31.3. The molecule has 0 aromatic rings. The van der Waals surface area contributed by atoms with Gasteiger partial charge in [0.15, 0.2) is 0 Å². The molecular formula is C40H79NO2. The molecule has 0 fully saturated rings. The summed E-state index contributed by atoms with van der Waals surface area (Å²) in [7, 11) is 0. The fourth-order valence-electron chi connectivity index (χ4n) is 6.21. The average Bonchev–Trinajstić information content (AvgIpc) is 3.01. The summed E-state index contributed by atoms with van der Waals surface area (Å²) in [5, 5.41) is 22.8. The van der Waals surface area contributed by atoms with Crippen molar-refractivity contribution in [3.63, 3.8) is 0 Å². The summed E-state index contributed by atoms with van der Waals surface area (Å²) < 4.78 is 0. The van der Waals surface area contributed by atoms with Gasteiger partial charge in [-0.2, -0.15) is 0 Å². The number of hydrogen-bond donors (Lipinski definition) is 3. The molecule has 0 amide bonds. The van der Waals surface area contributed by atoms with Crippen molar-refractivity contribution in [2.45, 2.75) is 194 Å². The Labute approximate surface area is 271 Å². The van der Waals surface area contributed by atoms with Crippen molar-refractivity contribution in [1.29, 1.82) is 0 Å². The highest BCUT2D eigenvalue weighted by Crippen LogP contribution is 2.17. The molecule has 2 unspecified atom stereocenters. The van der Waals surface area contributed by atoms with Crippen LogP contribution in [0.2, 0.25) is 0 Å². The largest absolute Gasteiger partial charge is 0.396 e. The number of aliphatic hydroxyl groups is 2. The molecule has 0 aliphatic heterocycles. The van der Waals surface area contributed by atoms with E-state index in [0.717, 1.165) is 25.9 Å². The van der Waals surface area contributed by atoms with E-state index in [-0.39, 0.29) is 0 Å². The Morgan fingerprint density at radius 3 is 1.02 bits per heavy atom. The average molecular weight is 606 g/mol. The molecule has 0 saturated heterocycles. The monoisotopic (exact) mass is 606 g/mol. The van der Waals surface area contributed by atoms with Crippen LogP contribution in [0.4, 0.5) is 0 Å². The fraction of sp³-hybridized carbons (Fsp3) is 0.900. The summed E-state index contributed by atoms with van der Waals surface area (Å²) in [5.41, 5.74) is 0. The van der Waals surface area contributed by atoms with Gasteiger partial charge < -0.3 is 15.5 Å². The SMILES string of the molecule is CCCCCCCC/C=C\CCCCCCC(CCO)CNCC(CCO)CCCCCC/C=C\CCCCCCCC. The topological polar surface area (TPSA) is 52.5 Å². The highest BCUT2D eigenvalue weighted by molar-refractivity contribution is 4.82. The predicted molar refractivity (Wildman–Crippen MR) is 193 cm³/mol. The van der Waals surface area contributed by atoms with Gasteiger partial charge in [-0.15, -0.1) is 0 Å². The minimum Gasteiger partial charge on any atom is -0.396 e. The van der Waals surface area contributed by atoms with E-state index in [9.17, 15) is 10.2 Å². The Morgan fingerprint density at radius 1 is 0.395 bits per heavy atom.